The van der Waals surface area contributed by atoms with Crippen molar-refractivity contribution >= 4 is 17.6 Å². The van der Waals surface area contributed by atoms with Crippen molar-refractivity contribution in [2.24, 2.45) is 9.98 Å². The first-order chi connectivity index (χ1) is 17.0. The van der Waals surface area contributed by atoms with Crippen LogP contribution in [0.25, 0.3) is 0 Å². The molecule has 0 radical (unpaired) electrons. The van der Waals surface area contributed by atoms with E-state index in [1.807, 2.05) is 37.3 Å². The highest BCUT2D eigenvalue weighted by molar-refractivity contribution is 6.16. The Morgan fingerprint density at radius 1 is 1.00 bits per heavy atom. The average Bonchev–Trinajstić information content (AvgIpc) is 2.89. The number of aromatic hydroxyl groups is 1. The molecule has 0 bridgehead atoms. The van der Waals surface area contributed by atoms with E-state index >= 15 is 0 Å². The van der Waals surface area contributed by atoms with Crippen molar-refractivity contribution in [3.05, 3.63) is 94.5 Å². The fraction of sp³-hybridized carbons (Fsp3) is 0.250. The molecule has 0 aromatic heterocycles. The van der Waals surface area contributed by atoms with Crippen LogP contribution in [-0.4, -0.2) is 36.5 Å². The lowest BCUT2D eigenvalue weighted by Gasteiger charge is -2.24. The van der Waals surface area contributed by atoms with Crippen molar-refractivity contribution in [3.63, 3.8) is 0 Å². The average molecular weight is 472 g/mol. The first kappa shape index (κ1) is 24.0. The fourth-order valence-corrected chi connectivity index (χ4v) is 4.01. The number of hydrogen-bond donors (Lipinski definition) is 2. The van der Waals surface area contributed by atoms with Crippen LogP contribution < -0.4 is 10.1 Å². The van der Waals surface area contributed by atoms with Crippen LogP contribution in [0.1, 0.15) is 59.0 Å². The highest BCUT2D eigenvalue weighted by Crippen LogP contribution is 2.30. The number of amidine groups is 2. The molecule has 0 amide bonds. The summed E-state index contributed by atoms with van der Waals surface area (Å²) in [6, 6.07) is 20.4. The number of phenolic OH excluding ortho intramolecular Hbond substituents is 1. The second-order valence-electron chi connectivity index (χ2n) is 8.08. The minimum Gasteiger partial charge on any atom is -0.507 e. The lowest BCUT2D eigenvalue weighted by Crippen LogP contribution is -2.36. The van der Waals surface area contributed by atoms with Gasteiger partial charge in [0.2, 0.25) is 0 Å². The van der Waals surface area contributed by atoms with Crippen molar-refractivity contribution in [2.75, 3.05) is 13.7 Å². The van der Waals surface area contributed by atoms with Crippen LogP contribution in [0.5, 0.6) is 11.5 Å². The van der Waals surface area contributed by atoms with Gasteiger partial charge < -0.3 is 19.9 Å². The molecule has 7 heteroatoms. The third-order valence-electron chi connectivity index (χ3n) is 5.71. The van der Waals surface area contributed by atoms with Crippen molar-refractivity contribution < 1.29 is 19.4 Å². The van der Waals surface area contributed by atoms with E-state index in [9.17, 15) is 9.90 Å². The molecule has 0 aliphatic carbocycles. The molecular weight excluding hydrogens is 442 g/mol. The van der Waals surface area contributed by atoms with Gasteiger partial charge in [-0.1, -0.05) is 49.7 Å². The number of aryl methyl sites for hydroxylation is 1. The van der Waals surface area contributed by atoms with Crippen LogP contribution in [0.3, 0.4) is 0 Å². The summed E-state index contributed by atoms with van der Waals surface area (Å²) < 4.78 is 10.3. The topological polar surface area (TPSA) is 92.5 Å². The van der Waals surface area contributed by atoms with E-state index in [0.29, 0.717) is 35.2 Å². The molecule has 35 heavy (non-hydrogen) atoms. The maximum absolute atomic E-state index is 11.9. The number of esters is 1. The zero-order valence-corrected chi connectivity index (χ0v) is 20.1. The summed E-state index contributed by atoms with van der Waals surface area (Å²) in [5.74, 6) is 1.34. The second-order valence-corrected chi connectivity index (χ2v) is 8.08. The standard InChI is InChI=1S/C28H29N3O4/c1-4-8-18-9-6-7-10-22(18)26-29-25(19-11-13-20(14-12-19)28(33)34-3)30-27(31-26)23-16-15-21(35-5-2)17-24(23)32/h6-7,9-17,26,32H,4-5,8H2,1-3H3,(H,29,30,31). The van der Waals surface area contributed by atoms with Crippen LogP contribution in [0.2, 0.25) is 0 Å². The number of nitrogens with one attached hydrogen (secondary N) is 1. The summed E-state index contributed by atoms with van der Waals surface area (Å²) in [5.41, 5.74) is 3.99. The molecule has 7 nitrogen and oxygen atoms in total. The predicted molar refractivity (Wildman–Crippen MR) is 136 cm³/mol. The largest absolute Gasteiger partial charge is 0.507 e. The number of nitrogens with zero attached hydrogens (tertiary/aromatic N) is 2. The van der Waals surface area contributed by atoms with Gasteiger partial charge >= 0.3 is 5.97 Å². The maximum atomic E-state index is 11.9. The predicted octanol–water partition coefficient (Wildman–Crippen LogP) is 5.03. The fourth-order valence-electron chi connectivity index (χ4n) is 4.01. The Balaban J connectivity index is 1.77. The van der Waals surface area contributed by atoms with E-state index in [1.54, 1.807) is 30.3 Å². The third kappa shape index (κ3) is 5.35. The van der Waals surface area contributed by atoms with E-state index < -0.39 is 12.1 Å². The van der Waals surface area contributed by atoms with Crippen molar-refractivity contribution in [1.82, 2.24) is 5.32 Å². The molecule has 1 unspecified atom stereocenters. The number of hydrogen-bond acceptors (Lipinski definition) is 7. The number of carbonyl (C=O) groups excluding carboxylic acids is 1. The molecule has 0 fully saturated rings. The number of rotatable bonds is 8. The Morgan fingerprint density at radius 2 is 1.74 bits per heavy atom. The molecule has 180 valence electrons. The van der Waals surface area contributed by atoms with E-state index in [1.165, 1.54) is 12.7 Å². The summed E-state index contributed by atoms with van der Waals surface area (Å²) in [5, 5.41) is 14.0. The van der Waals surface area contributed by atoms with Crippen LogP contribution in [0, 0.1) is 0 Å². The van der Waals surface area contributed by atoms with Gasteiger partial charge in [0.15, 0.2) is 6.17 Å². The first-order valence-corrected chi connectivity index (χ1v) is 11.7. The van der Waals surface area contributed by atoms with Gasteiger partial charge in [-0.05, 0) is 43.2 Å². The highest BCUT2D eigenvalue weighted by atomic mass is 16.5. The SMILES string of the molecule is CCCc1ccccc1C1N=C(c2ccc(C(=O)OC)cc2)NC(c2ccc(OCC)cc2O)=N1. The number of aliphatic imine (C=N–C) groups is 2. The van der Waals surface area contributed by atoms with Crippen LogP contribution in [-0.2, 0) is 11.2 Å². The van der Waals surface area contributed by atoms with E-state index in [-0.39, 0.29) is 5.75 Å². The van der Waals surface area contributed by atoms with Crippen LogP contribution >= 0.6 is 0 Å². The van der Waals surface area contributed by atoms with E-state index in [0.717, 1.165) is 24.0 Å². The summed E-state index contributed by atoms with van der Waals surface area (Å²) in [6.07, 6.45) is 1.43. The summed E-state index contributed by atoms with van der Waals surface area (Å²) >= 11 is 0. The van der Waals surface area contributed by atoms with E-state index in [4.69, 9.17) is 19.5 Å². The summed E-state index contributed by atoms with van der Waals surface area (Å²) in [6.45, 7) is 4.54. The van der Waals surface area contributed by atoms with Crippen molar-refractivity contribution in [1.29, 1.82) is 0 Å². The van der Waals surface area contributed by atoms with Gasteiger partial charge in [-0.15, -0.1) is 0 Å². The molecule has 0 saturated heterocycles. The monoisotopic (exact) mass is 471 g/mol. The lowest BCUT2D eigenvalue weighted by atomic mass is 10.0. The zero-order valence-electron chi connectivity index (χ0n) is 20.1. The lowest BCUT2D eigenvalue weighted by molar-refractivity contribution is 0.0600. The third-order valence-corrected chi connectivity index (χ3v) is 5.71. The second kappa shape index (κ2) is 10.9. The van der Waals surface area contributed by atoms with Crippen molar-refractivity contribution in [3.8, 4) is 11.5 Å². The summed E-state index contributed by atoms with van der Waals surface area (Å²) in [4.78, 5) is 21.6. The molecule has 3 aromatic rings. The Labute approximate surface area is 205 Å². The Kier molecular flexibility index (Phi) is 7.45. The Morgan fingerprint density at radius 3 is 2.43 bits per heavy atom. The Bertz CT molecular complexity index is 1270. The first-order valence-electron chi connectivity index (χ1n) is 11.7. The van der Waals surface area contributed by atoms with Gasteiger partial charge in [-0.25, -0.2) is 14.8 Å². The number of phenols is 1. The molecule has 1 heterocycles. The zero-order chi connectivity index (χ0) is 24.8. The van der Waals surface area contributed by atoms with Gasteiger partial charge in [-0.2, -0.15) is 0 Å². The highest BCUT2D eigenvalue weighted by Gasteiger charge is 2.24. The van der Waals surface area contributed by atoms with Gasteiger partial charge in [-0.3, -0.25) is 0 Å². The number of carbonyl (C=O) groups is 1. The smallest absolute Gasteiger partial charge is 0.337 e. The molecule has 3 aromatic carbocycles. The van der Waals surface area contributed by atoms with Gasteiger partial charge in [0.1, 0.15) is 23.2 Å². The molecule has 1 aliphatic rings. The van der Waals surface area contributed by atoms with Gasteiger partial charge in [0, 0.05) is 17.2 Å². The molecule has 4 rings (SSSR count). The molecule has 1 aliphatic heterocycles. The Hall–Kier alpha value is -4.13. The van der Waals surface area contributed by atoms with Crippen molar-refractivity contribution in [2.45, 2.75) is 32.9 Å². The molecule has 2 N–H and O–H groups in total. The molecule has 0 saturated carbocycles. The minimum atomic E-state index is -0.491. The normalized spacial score (nSPS) is 15.0. The van der Waals surface area contributed by atoms with Crippen LogP contribution in [0.4, 0.5) is 0 Å². The quantitative estimate of drug-likeness (QED) is 0.450. The number of methoxy groups -OCH3 is 1. The number of benzene rings is 3. The minimum absolute atomic E-state index is 0.0603. The summed E-state index contributed by atoms with van der Waals surface area (Å²) in [7, 11) is 1.35. The maximum Gasteiger partial charge on any atom is 0.337 e. The van der Waals surface area contributed by atoms with Gasteiger partial charge in [0.05, 0.1) is 24.8 Å². The van der Waals surface area contributed by atoms with Gasteiger partial charge in [0.25, 0.3) is 0 Å². The van der Waals surface area contributed by atoms with Crippen LogP contribution in [0.15, 0.2) is 76.7 Å². The molecule has 1 atom stereocenters. The van der Waals surface area contributed by atoms with E-state index in [2.05, 4.69) is 18.3 Å². The number of ether oxygens (including phenoxy) is 2. The molecule has 0 spiro atoms. The molecular formula is C28H29N3O4.